The summed E-state index contributed by atoms with van der Waals surface area (Å²) < 4.78 is 68.7. The number of sulfonamides is 1. The Bertz CT molecular complexity index is 1470. The van der Waals surface area contributed by atoms with E-state index in [4.69, 9.17) is 11.6 Å². The van der Waals surface area contributed by atoms with Gasteiger partial charge in [-0.05, 0) is 67.0 Å². The number of amides is 1. The van der Waals surface area contributed by atoms with Crippen LogP contribution in [0.5, 0.6) is 5.75 Å². The highest BCUT2D eigenvalue weighted by atomic mass is 35.5. The molecule has 0 radical (unpaired) electrons. The van der Waals surface area contributed by atoms with Crippen molar-refractivity contribution in [1.29, 1.82) is 0 Å². The molecule has 3 aromatic rings. The zero-order valence-corrected chi connectivity index (χ0v) is 22.8. The first kappa shape index (κ1) is 28.0. The van der Waals surface area contributed by atoms with Crippen molar-refractivity contribution in [2.45, 2.75) is 52.4 Å². The molecule has 2 atom stereocenters. The van der Waals surface area contributed by atoms with Crippen molar-refractivity contribution in [3.8, 4) is 5.75 Å². The maximum Gasteiger partial charge on any atom is 0.573 e. The third-order valence-corrected chi connectivity index (χ3v) is 7.24. The van der Waals surface area contributed by atoms with Crippen LogP contribution in [-0.2, 0) is 10.0 Å². The summed E-state index contributed by atoms with van der Waals surface area (Å²) in [7, 11) is -3.81. The smallest absolute Gasteiger partial charge is 0.406 e. The Morgan fingerprint density at radius 2 is 1.84 bits per heavy atom. The molecule has 0 bridgehead atoms. The topological polar surface area (TPSA) is 102 Å². The Hall–Kier alpha value is -2.99. The highest BCUT2D eigenvalue weighted by Crippen LogP contribution is 2.46. The molecule has 1 fully saturated rings. The first-order valence-corrected chi connectivity index (χ1v) is 14.1. The second-order valence-corrected chi connectivity index (χ2v) is 12.7. The average molecular weight is 573 g/mol. The number of carbonyl (C=O) groups is 1. The SMILES string of the molecule is C[C@@H]1CC(n2c(Nc3ccc(OC(F)(F)F)cc3)nc3cc(C(=O)NS(C)(=O)=O)c(Cl)cc32)CC(C)(C)C1. The Kier molecular flexibility index (Phi) is 7.34. The highest BCUT2D eigenvalue weighted by Gasteiger charge is 2.35. The second kappa shape index (κ2) is 9.96. The van der Waals surface area contributed by atoms with Gasteiger partial charge in [-0.25, -0.2) is 18.1 Å². The van der Waals surface area contributed by atoms with Gasteiger partial charge in [-0.2, -0.15) is 0 Å². The zero-order chi connectivity index (χ0) is 28.0. The normalized spacial score (nSPS) is 19.8. The Labute approximate surface area is 223 Å². The van der Waals surface area contributed by atoms with Crippen LogP contribution in [0.3, 0.4) is 0 Å². The van der Waals surface area contributed by atoms with E-state index < -0.39 is 22.3 Å². The summed E-state index contributed by atoms with van der Waals surface area (Å²) in [6.07, 6.45) is -1.19. The van der Waals surface area contributed by atoms with Gasteiger partial charge in [0.25, 0.3) is 5.91 Å². The van der Waals surface area contributed by atoms with Crippen LogP contribution in [0.2, 0.25) is 5.02 Å². The molecule has 206 valence electrons. The summed E-state index contributed by atoms with van der Waals surface area (Å²) in [6, 6.07) is 8.29. The number of alkyl halides is 3. The number of aromatic nitrogens is 2. The predicted molar refractivity (Wildman–Crippen MR) is 139 cm³/mol. The van der Waals surface area contributed by atoms with Crippen molar-refractivity contribution < 1.29 is 31.1 Å². The first-order chi connectivity index (χ1) is 17.5. The maximum atomic E-state index is 12.6. The van der Waals surface area contributed by atoms with Crippen molar-refractivity contribution in [3.63, 3.8) is 0 Å². The van der Waals surface area contributed by atoms with Gasteiger partial charge in [0.1, 0.15) is 5.75 Å². The van der Waals surface area contributed by atoms with E-state index in [0.717, 1.165) is 25.5 Å². The number of ether oxygens (including phenoxy) is 1. The quantitative estimate of drug-likeness (QED) is 0.354. The summed E-state index contributed by atoms with van der Waals surface area (Å²) in [5.74, 6) is -0.400. The maximum absolute atomic E-state index is 12.6. The Morgan fingerprint density at radius 3 is 2.42 bits per heavy atom. The largest absolute Gasteiger partial charge is 0.573 e. The number of carbonyl (C=O) groups excluding carboxylic acids is 1. The summed E-state index contributed by atoms with van der Waals surface area (Å²) >= 11 is 6.44. The van der Waals surface area contributed by atoms with E-state index in [2.05, 4.69) is 35.8 Å². The summed E-state index contributed by atoms with van der Waals surface area (Å²) in [5.41, 5.74) is 1.52. The number of hydrogen-bond donors (Lipinski definition) is 2. The molecule has 4 rings (SSSR count). The third kappa shape index (κ3) is 6.71. The van der Waals surface area contributed by atoms with Gasteiger partial charge in [0.15, 0.2) is 0 Å². The zero-order valence-electron chi connectivity index (χ0n) is 21.2. The molecule has 8 nitrogen and oxygen atoms in total. The predicted octanol–water partition coefficient (Wildman–Crippen LogP) is 6.41. The molecule has 1 saturated carbocycles. The minimum Gasteiger partial charge on any atom is -0.406 e. The number of benzene rings is 2. The number of rotatable bonds is 6. The van der Waals surface area contributed by atoms with Crippen LogP contribution in [-0.4, -0.2) is 36.5 Å². The van der Waals surface area contributed by atoms with Gasteiger partial charge in [0.05, 0.1) is 27.9 Å². The van der Waals surface area contributed by atoms with Crippen molar-refractivity contribution in [1.82, 2.24) is 14.3 Å². The van der Waals surface area contributed by atoms with E-state index in [1.54, 1.807) is 6.07 Å². The Morgan fingerprint density at radius 1 is 1.18 bits per heavy atom. The fourth-order valence-electron chi connectivity index (χ4n) is 5.33. The van der Waals surface area contributed by atoms with Crippen molar-refractivity contribution >= 4 is 50.2 Å². The van der Waals surface area contributed by atoms with Gasteiger partial charge >= 0.3 is 6.36 Å². The molecule has 13 heteroatoms. The summed E-state index contributed by atoms with van der Waals surface area (Å²) in [4.78, 5) is 17.2. The fraction of sp³-hybridized carbons (Fsp3) is 0.440. The molecule has 2 aromatic carbocycles. The number of nitrogens with one attached hydrogen (secondary N) is 2. The molecule has 0 aliphatic heterocycles. The number of anilines is 2. The molecule has 1 aliphatic rings. The van der Waals surface area contributed by atoms with Crippen LogP contribution in [0, 0.1) is 11.3 Å². The van der Waals surface area contributed by atoms with E-state index >= 15 is 0 Å². The van der Waals surface area contributed by atoms with Crippen LogP contribution in [0.4, 0.5) is 24.8 Å². The summed E-state index contributed by atoms with van der Waals surface area (Å²) in [5, 5.41) is 3.23. The molecule has 2 N–H and O–H groups in total. The van der Waals surface area contributed by atoms with Crippen molar-refractivity contribution in [2.24, 2.45) is 11.3 Å². The molecule has 1 heterocycles. The molecular formula is C25H28ClF3N4O4S. The van der Waals surface area contributed by atoms with Crippen LogP contribution in [0.15, 0.2) is 36.4 Å². The Balaban J connectivity index is 1.78. The number of imidazole rings is 1. The lowest BCUT2D eigenvalue weighted by Crippen LogP contribution is -2.30. The van der Waals surface area contributed by atoms with Crippen LogP contribution in [0.1, 0.15) is 56.4 Å². The molecule has 1 aromatic heterocycles. The van der Waals surface area contributed by atoms with Gasteiger partial charge in [0, 0.05) is 11.7 Å². The van der Waals surface area contributed by atoms with E-state index in [1.807, 2.05) is 9.29 Å². The molecule has 0 spiro atoms. The lowest BCUT2D eigenvalue weighted by Gasteiger charge is -2.40. The van der Waals surface area contributed by atoms with E-state index in [-0.39, 0.29) is 27.8 Å². The van der Waals surface area contributed by atoms with Crippen molar-refractivity contribution in [3.05, 3.63) is 47.0 Å². The van der Waals surface area contributed by atoms with Crippen LogP contribution in [0.25, 0.3) is 11.0 Å². The molecule has 1 aliphatic carbocycles. The van der Waals surface area contributed by atoms with Gasteiger partial charge in [-0.15, -0.1) is 13.2 Å². The number of hydrogen-bond acceptors (Lipinski definition) is 6. The molecule has 1 amide bonds. The molecular weight excluding hydrogens is 545 g/mol. The number of fused-ring (bicyclic) bond motifs is 1. The molecule has 38 heavy (non-hydrogen) atoms. The highest BCUT2D eigenvalue weighted by molar-refractivity contribution is 7.89. The van der Waals surface area contributed by atoms with Gasteiger partial charge in [-0.3, -0.25) is 4.79 Å². The number of nitrogens with zero attached hydrogens (tertiary/aromatic N) is 2. The molecule has 0 saturated heterocycles. The van der Waals surface area contributed by atoms with Gasteiger partial charge in [-0.1, -0.05) is 32.4 Å². The van der Waals surface area contributed by atoms with Crippen molar-refractivity contribution in [2.75, 3.05) is 11.6 Å². The lowest BCUT2D eigenvalue weighted by molar-refractivity contribution is -0.274. The third-order valence-electron chi connectivity index (χ3n) is 6.37. The molecule has 1 unspecified atom stereocenters. The monoisotopic (exact) mass is 572 g/mol. The van der Waals surface area contributed by atoms with Gasteiger partial charge in [0.2, 0.25) is 16.0 Å². The fourth-order valence-corrected chi connectivity index (χ4v) is 6.02. The average Bonchev–Trinajstić information content (AvgIpc) is 3.07. The van der Waals surface area contributed by atoms with E-state index in [0.29, 0.717) is 28.6 Å². The first-order valence-electron chi connectivity index (χ1n) is 11.9. The standard InChI is InChI=1S/C25H28ClF3N4O4S/c1-14-9-16(13-24(2,3)12-14)33-21-11-19(26)18(22(34)32-38(4,35)36)10-20(21)31-23(33)30-15-5-7-17(8-6-15)37-25(27,28)29/h5-8,10-11,14,16H,9,12-13H2,1-4H3,(H,30,31)(H,32,34)/t14-,16?/m1/s1. The van der Waals surface area contributed by atoms with E-state index in [9.17, 15) is 26.4 Å². The van der Waals surface area contributed by atoms with Crippen LogP contribution >= 0.6 is 11.6 Å². The number of halogens is 4. The second-order valence-electron chi connectivity index (χ2n) is 10.6. The lowest BCUT2D eigenvalue weighted by atomic mass is 9.70. The van der Waals surface area contributed by atoms with Crippen LogP contribution < -0.4 is 14.8 Å². The van der Waals surface area contributed by atoms with E-state index in [1.165, 1.54) is 30.3 Å². The van der Waals surface area contributed by atoms with Gasteiger partial charge < -0.3 is 14.6 Å². The minimum absolute atomic E-state index is 0.0147. The summed E-state index contributed by atoms with van der Waals surface area (Å²) in [6.45, 7) is 6.57. The minimum atomic E-state index is -4.80.